The molecule has 1 aromatic heterocycles. The van der Waals surface area contributed by atoms with E-state index in [1.807, 2.05) is 31.2 Å². The third-order valence-corrected chi connectivity index (χ3v) is 5.52. The van der Waals surface area contributed by atoms with Gasteiger partial charge >= 0.3 is 5.97 Å². The van der Waals surface area contributed by atoms with Crippen molar-refractivity contribution in [2.75, 3.05) is 13.1 Å². The number of nitrogens with zero attached hydrogens (tertiary/aromatic N) is 2. The Balaban J connectivity index is 1.63. The van der Waals surface area contributed by atoms with Gasteiger partial charge in [0.2, 0.25) is 0 Å². The van der Waals surface area contributed by atoms with Crippen LogP contribution in [0.3, 0.4) is 0 Å². The Hall–Kier alpha value is -2.63. The third kappa shape index (κ3) is 2.62. The lowest BCUT2D eigenvalue weighted by molar-refractivity contribution is -0.141. The fourth-order valence-electron chi connectivity index (χ4n) is 4.18. The molecule has 0 spiro atoms. The van der Waals surface area contributed by atoms with Crippen LogP contribution in [-0.4, -0.2) is 45.2 Å². The van der Waals surface area contributed by atoms with Gasteiger partial charge in [-0.1, -0.05) is 24.3 Å². The van der Waals surface area contributed by atoms with Gasteiger partial charge in [-0.15, -0.1) is 0 Å². The van der Waals surface area contributed by atoms with Crippen molar-refractivity contribution in [1.82, 2.24) is 15.1 Å². The lowest BCUT2D eigenvalue weighted by Gasteiger charge is -2.17. The molecule has 2 atom stereocenters. The maximum absolute atomic E-state index is 12.9. The Morgan fingerprint density at radius 2 is 2.04 bits per heavy atom. The van der Waals surface area contributed by atoms with Gasteiger partial charge < -0.3 is 10.0 Å². The highest BCUT2D eigenvalue weighted by Gasteiger charge is 2.42. The van der Waals surface area contributed by atoms with Gasteiger partial charge in [-0.05, 0) is 37.3 Å². The second-order valence-corrected chi connectivity index (χ2v) is 7.00. The molecule has 1 aromatic carbocycles. The van der Waals surface area contributed by atoms with Gasteiger partial charge in [-0.3, -0.25) is 14.7 Å². The number of amides is 1. The minimum atomic E-state index is -0.851. The summed E-state index contributed by atoms with van der Waals surface area (Å²) in [6.07, 6.45) is 2.83. The number of fused-ring (bicyclic) bond motifs is 1. The maximum Gasteiger partial charge on any atom is 0.308 e. The van der Waals surface area contributed by atoms with Crippen molar-refractivity contribution >= 4 is 11.9 Å². The lowest BCUT2D eigenvalue weighted by Crippen LogP contribution is -2.30. The van der Waals surface area contributed by atoms with Crippen LogP contribution >= 0.6 is 0 Å². The summed E-state index contributed by atoms with van der Waals surface area (Å²) in [6.45, 7) is 2.64. The first kappa shape index (κ1) is 15.9. The molecule has 1 aliphatic heterocycles. The summed E-state index contributed by atoms with van der Waals surface area (Å²) in [6, 6.07) is 7.82. The predicted molar refractivity (Wildman–Crippen MR) is 91.6 cm³/mol. The number of H-pyrrole nitrogens is 1. The Morgan fingerprint density at radius 3 is 2.80 bits per heavy atom. The van der Waals surface area contributed by atoms with E-state index in [1.165, 1.54) is 0 Å². The van der Waals surface area contributed by atoms with Gasteiger partial charge in [0.15, 0.2) is 5.69 Å². The van der Waals surface area contributed by atoms with Gasteiger partial charge in [-0.2, -0.15) is 5.10 Å². The number of carbonyl (C=O) groups excluding carboxylic acids is 1. The third-order valence-electron chi connectivity index (χ3n) is 5.52. The first-order valence-corrected chi connectivity index (χ1v) is 8.70. The van der Waals surface area contributed by atoms with Crippen LogP contribution in [0.25, 0.3) is 0 Å². The second-order valence-electron chi connectivity index (χ2n) is 7.00. The molecule has 2 aliphatic rings. The standard InChI is InChI=1S/C19H21N3O3/c1-11-5-2-3-6-12(11)14-9-22(10-15(14)19(24)25)18(23)17-13-7-4-8-16(13)20-21-17/h2-3,5-6,14-15H,4,7-10H2,1H3,(H,20,21)(H,24,25)/t14-,15+/m0/s1. The zero-order valence-corrected chi connectivity index (χ0v) is 14.2. The smallest absolute Gasteiger partial charge is 0.308 e. The Bertz CT molecular complexity index is 842. The van der Waals surface area contributed by atoms with Gasteiger partial charge in [0, 0.05) is 30.3 Å². The average molecular weight is 339 g/mol. The summed E-state index contributed by atoms with van der Waals surface area (Å²) >= 11 is 0. The summed E-state index contributed by atoms with van der Waals surface area (Å²) < 4.78 is 0. The van der Waals surface area contributed by atoms with E-state index in [4.69, 9.17) is 0 Å². The zero-order valence-electron chi connectivity index (χ0n) is 14.2. The van der Waals surface area contributed by atoms with Gasteiger partial charge in [0.25, 0.3) is 5.91 Å². The minimum Gasteiger partial charge on any atom is -0.481 e. The molecule has 0 radical (unpaired) electrons. The van der Waals surface area contributed by atoms with Gasteiger partial charge in [-0.25, -0.2) is 0 Å². The summed E-state index contributed by atoms with van der Waals surface area (Å²) in [4.78, 5) is 26.4. The lowest BCUT2D eigenvalue weighted by atomic mass is 9.86. The van der Waals surface area contributed by atoms with E-state index in [0.29, 0.717) is 12.2 Å². The average Bonchev–Trinajstić information content (AvgIpc) is 3.29. The van der Waals surface area contributed by atoms with E-state index in [2.05, 4.69) is 10.2 Å². The molecular weight excluding hydrogens is 318 g/mol. The number of nitrogens with one attached hydrogen (secondary N) is 1. The van der Waals surface area contributed by atoms with Crippen molar-refractivity contribution in [3.05, 3.63) is 52.3 Å². The molecule has 0 bridgehead atoms. The molecule has 25 heavy (non-hydrogen) atoms. The van der Waals surface area contributed by atoms with Crippen LogP contribution in [0.1, 0.15) is 45.2 Å². The Morgan fingerprint density at radius 1 is 1.24 bits per heavy atom. The summed E-state index contributed by atoms with van der Waals surface area (Å²) in [5.41, 5.74) is 4.61. The number of benzene rings is 1. The highest BCUT2D eigenvalue weighted by atomic mass is 16.4. The number of likely N-dealkylation sites (tertiary alicyclic amines) is 1. The van der Waals surface area contributed by atoms with E-state index in [-0.39, 0.29) is 18.4 Å². The number of rotatable bonds is 3. The largest absolute Gasteiger partial charge is 0.481 e. The first-order chi connectivity index (χ1) is 12.1. The molecule has 6 heteroatoms. The molecule has 4 rings (SSSR count). The molecule has 0 unspecified atom stereocenters. The number of carboxylic acid groups (broad SMARTS) is 1. The number of carbonyl (C=O) groups is 2. The van der Waals surface area contributed by atoms with Crippen LogP contribution in [-0.2, 0) is 17.6 Å². The van der Waals surface area contributed by atoms with E-state index >= 15 is 0 Å². The highest BCUT2D eigenvalue weighted by molar-refractivity contribution is 5.95. The molecule has 1 amide bonds. The van der Waals surface area contributed by atoms with E-state index in [9.17, 15) is 14.7 Å². The molecule has 1 aliphatic carbocycles. The second kappa shape index (κ2) is 6.02. The molecule has 130 valence electrons. The van der Waals surface area contributed by atoms with Crippen LogP contribution in [0.2, 0.25) is 0 Å². The van der Waals surface area contributed by atoms with Crippen LogP contribution in [0.5, 0.6) is 0 Å². The fraction of sp³-hybridized carbons (Fsp3) is 0.421. The summed E-state index contributed by atoms with van der Waals surface area (Å²) in [5.74, 6) is -1.77. The molecule has 0 saturated carbocycles. The van der Waals surface area contributed by atoms with Crippen LogP contribution in [0.15, 0.2) is 24.3 Å². The van der Waals surface area contributed by atoms with Gasteiger partial charge in [0.1, 0.15) is 0 Å². The molecule has 1 fully saturated rings. The summed E-state index contributed by atoms with van der Waals surface area (Å²) in [7, 11) is 0. The molecule has 1 saturated heterocycles. The fourth-order valence-corrected chi connectivity index (χ4v) is 4.18. The molecule has 2 heterocycles. The predicted octanol–water partition coefficient (Wildman–Crippen LogP) is 2.15. The monoisotopic (exact) mass is 339 g/mol. The molecular formula is C19H21N3O3. The number of aryl methyl sites for hydroxylation is 2. The van der Waals surface area contributed by atoms with Crippen molar-refractivity contribution in [1.29, 1.82) is 0 Å². The number of aromatic nitrogens is 2. The van der Waals surface area contributed by atoms with Crippen molar-refractivity contribution in [3.63, 3.8) is 0 Å². The van der Waals surface area contributed by atoms with Crippen molar-refractivity contribution < 1.29 is 14.7 Å². The van der Waals surface area contributed by atoms with Crippen LogP contribution in [0, 0.1) is 12.8 Å². The molecule has 2 N–H and O–H groups in total. The quantitative estimate of drug-likeness (QED) is 0.897. The van der Waals surface area contributed by atoms with Gasteiger partial charge in [0.05, 0.1) is 5.92 Å². The van der Waals surface area contributed by atoms with E-state index in [0.717, 1.165) is 41.6 Å². The van der Waals surface area contributed by atoms with E-state index in [1.54, 1.807) is 4.90 Å². The minimum absolute atomic E-state index is 0.151. The first-order valence-electron chi connectivity index (χ1n) is 8.70. The van der Waals surface area contributed by atoms with Crippen molar-refractivity contribution in [2.24, 2.45) is 5.92 Å². The zero-order chi connectivity index (χ0) is 17.6. The van der Waals surface area contributed by atoms with Crippen LogP contribution in [0.4, 0.5) is 0 Å². The SMILES string of the molecule is Cc1ccccc1[C@@H]1CN(C(=O)c2n[nH]c3c2CCC3)C[C@H]1C(=O)O. The highest BCUT2D eigenvalue weighted by Crippen LogP contribution is 2.36. The number of aliphatic carboxylic acids is 1. The molecule has 2 aromatic rings. The van der Waals surface area contributed by atoms with Crippen molar-refractivity contribution in [3.8, 4) is 0 Å². The Labute approximate surface area is 145 Å². The number of aromatic amines is 1. The molecule has 6 nitrogen and oxygen atoms in total. The topological polar surface area (TPSA) is 86.3 Å². The Kier molecular flexibility index (Phi) is 3.82. The number of hydrogen-bond acceptors (Lipinski definition) is 3. The number of hydrogen-bond donors (Lipinski definition) is 2. The van der Waals surface area contributed by atoms with Crippen LogP contribution < -0.4 is 0 Å². The van der Waals surface area contributed by atoms with E-state index < -0.39 is 11.9 Å². The number of carboxylic acids is 1. The maximum atomic E-state index is 12.9. The normalized spacial score (nSPS) is 22.2. The van der Waals surface area contributed by atoms with Crippen molar-refractivity contribution in [2.45, 2.75) is 32.1 Å². The summed E-state index contributed by atoms with van der Waals surface area (Å²) in [5, 5.41) is 16.8.